The van der Waals surface area contributed by atoms with Crippen LogP contribution in [0.3, 0.4) is 0 Å². The molecule has 0 saturated carbocycles. The highest BCUT2D eigenvalue weighted by Gasteiger charge is 2.48. The SMILES string of the molecule is CO[C@@H]1O[C@H](C)C[C@H]2[C@H]1O/C(=N\C(C)C)N2C. The summed E-state index contributed by atoms with van der Waals surface area (Å²) in [6.07, 6.45) is 0.758. The zero-order valence-electron chi connectivity index (χ0n) is 11.2. The predicted molar refractivity (Wildman–Crippen MR) is 65.0 cm³/mol. The first-order valence-corrected chi connectivity index (χ1v) is 6.18. The van der Waals surface area contributed by atoms with Crippen molar-refractivity contribution in [2.24, 2.45) is 4.99 Å². The number of fused-ring (bicyclic) bond motifs is 1. The lowest BCUT2D eigenvalue weighted by Gasteiger charge is -2.35. The van der Waals surface area contributed by atoms with Gasteiger partial charge in [-0.2, -0.15) is 0 Å². The Morgan fingerprint density at radius 1 is 1.47 bits per heavy atom. The van der Waals surface area contributed by atoms with E-state index < -0.39 is 0 Å². The van der Waals surface area contributed by atoms with Crippen LogP contribution in [0.4, 0.5) is 0 Å². The van der Waals surface area contributed by atoms with Crippen LogP contribution in [0.5, 0.6) is 0 Å². The molecule has 0 aromatic heterocycles. The number of hydrogen-bond donors (Lipinski definition) is 0. The van der Waals surface area contributed by atoms with E-state index in [-0.39, 0.29) is 24.5 Å². The Balaban J connectivity index is 2.17. The molecule has 0 N–H and O–H groups in total. The summed E-state index contributed by atoms with van der Waals surface area (Å²) in [4.78, 5) is 6.59. The third kappa shape index (κ3) is 2.40. The lowest BCUT2D eigenvalue weighted by Crippen LogP contribution is -2.49. The highest BCUT2D eigenvalue weighted by Crippen LogP contribution is 2.31. The van der Waals surface area contributed by atoms with Crippen molar-refractivity contribution in [2.75, 3.05) is 14.2 Å². The van der Waals surface area contributed by atoms with Crippen LogP contribution < -0.4 is 0 Å². The second-order valence-electron chi connectivity index (χ2n) is 5.05. The molecule has 2 heterocycles. The number of amidine groups is 1. The van der Waals surface area contributed by atoms with Crippen molar-refractivity contribution in [3.63, 3.8) is 0 Å². The molecule has 0 unspecified atom stereocenters. The fourth-order valence-electron chi connectivity index (χ4n) is 2.41. The maximum atomic E-state index is 5.87. The molecule has 2 aliphatic heterocycles. The molecule has 0 radical (unpaired) electrons. The van der Waals surface area contributed by atoms with Crippen LogP contribution in [0.25, 0.3) is 0 Å². The monoisotopic (exact) mass is 242 g/mol. The standard InChI is InChI=1S/C12H22N2O3/c1-7(2)13-12-14(4)9-6-8(3)16-11(15-5)10(9)17-12/h7-11H,6H2,1-5H3/b13-12-/t8-,9+,10-,11-/m1/s1. The van der Waals surface area contributed by atoms with Crippen LogP contribution in [0.2, 0.25) is 0 Å². The van der Waals surface area contributed by atoms with Crippen LogP contribution in [-0.2, 0) is 14.2 Å². The molecule has 17 heavy (non-hydrogen) atoms. The lowest BCUT2D eigenvalue weighted by molar-refractivity contribution is -0.223. The van der Waals surface area contributed by atoms with Gasteiger partial charge in [0, 0.05) is 20.2 Å². The third-order valence-corrected chi connectivity index (χ3v) is 3.23. The molecular formula is C12H22N2O3. The van der Waals surface area contributed by atoms with Gasteiger partial charge in [0.1, 0.15) is 0 Å². The average Bonchev–Trinajstić information content (AvgIpc) is 2.55. The normalized spacial score (nSPS) is 39.6. The van der Waals surface area contributed by atoms with Crippen LogP contribution in [0.15, 0.2) is 4.99 Å². The van der Waals surface area contributed by atoms with Gasteiger partial charge < -0.3 is 19.1 Å². The Labute approximate surface area is 103 Å². The van der Waals surface area contributed by atoms with Crippen molar-refractivity contribution >= 4 is 6.02 Å². The smallest absolute Gasteiger partial charge is 0.288 e. The zero-order chi connectivity index (χ0) is 12.6. The van der Waals surface area contributed by atoms with Gasteiger partial charge in [-0.25, -0.2) is 4.99 Å². The average molecular weight is 242 g/mol. The maximum Gasteiger partial charge on any atom is 0.288 e. The quantitative estimate of drug-likeness (QED) is 0.730. The second kappa shape index (κ2) is 4.82. The Kier molecular flexibility index (Phi) is 3.58. The molecule has 0 aliphatic carbocycles. The van der Waals surface area contributed by atoms with E-state index in [1.54, 1.807) is 7.11 Å². The first-order valence-electron chi connectivity index (χ1n) is 6.18. The summed E-state index contributed by atoms with van der Waals surface area (Å²) in [6, 6.07) is 1.22. The van der Waals surface area contributed by atoms with Crippen LogP contribution >= 0.6 is 0 Å². The van der Waals surface area contributed by atoms with E-state index in [4.69, 9.17) is 14.2 Å². The van der Waals surface area contributed by atoms with E-state index in [0.29, 0.717) is 12.1 Å². The molecule has 0 bridgehead atoms. The molecule has 2 aliphatic rings. The number of likely N-dealkylation sites (N-methyl/N-ethyl adjacent to an activating group) is 1. The van der Waals surface area contributed by atoms with Crippen molar-refractivity contribution in [1.29, 1.82) is 0 Å². The number of hydrogen-bond acceptors (Lipinski definition) is 4. The summed E-state index contributed by atoms with van der Waals surface area (Å²) < 4.78 is 16.9. The van der Waals surface area contributed by atoms with Gasteiger partial charge in [-0.1, -0.05) is 0 Å². The molecule has 4 atom stereocenters. The van der Waals surface area contributed by atoms with Crippen molar-refractivity contribution in [2.45, 2.75) is 57.8 Å². The molecule has 5 heteroatoms. The fraction of sp³-hybridized carbons (Fsp3) is 0.917. The van der Waals surface area contributed by atoms with E-state index in [2.05, 4.69) is 16.8 Å². The minimum atomic E-state index is -0.300. The second-order valence-corrected chi connectivity index (χ2v) is 5.05. The molecule has 2 rings (SSSR count). The summed E-state index contributed by atoms with van der Waals surface area (Å²) in [5, 5.41) is 0. The fourth-order valence-corrected chi connectivity index (χ4v) is 2.41. The molecule has 0 amide bonds. The van der Waals surface area contributed by atoms with Gasteiger partial charge in [-0.05, 0) is 27.2 Å². The summed E-state index contributed by atoms with van der Waals surface area (Å²) in [5.41, 5.74) is 0. The van der Waals surface area contributed by atoms with Gasteiger partial charge in [-0.15, -0.1) is 0 Å². The number of nitrogens with zero attached hydrogens (tertiary/aromatic N) is 2. The number of aliphatic imine (C=N–C) groups is 1. The highest BCUT2D eigenvalue weighted by molar-refractivity contribution is 5.76. The van der Waals surface area contributed by atoms with Gasteiger partial charge in [0.05, 0.1) is 12.1 Å². The Bertz CT molecular complexity index is 306. The summed E-state index contributed by atoms with van der Waals surface area (Å²) in [7, 11) is 3.68. The summed E-state index contributed by atoms with van der Waals surface area (Å²) >= 11 is 0. The Hall–Kier alpha value is -0.810. The Morgan fingerprint density at radius 2 is 2.18 bits per heavy atom. The minimum absolute atomic E-state index is 0.0706. The number of ether oxygens (including phenoxy) is 3. The van der Waals surface area contributed by atoms with Gasteiger partial charge in [0.2, 0.25) is 0 Å². The van der Waals surface area contributed by atoms with E-state index in [9.17, 15) is 0 Å². The Morgan fingerprint density at radius 3 is 2.76 bits per heavy atom. The van der Waals surface area contributed by atoms with Crippen molar-refractivity contribution in [1.82, 2.24) is 4.90 Å². The molecule has 2 saturated heterocycles. The van der Waals surface area contributed by atoms with Crippen molar-refractivity contribution in [3.05, 3.63) is 0 Å². The first kappa shape index (κ1) is 12.6. The number of methoxy groups -OCH3 is 1. The third-order valence-electron chi connectivity index (χ3n) is 3.23. The lowest BCUT2D eigenvalue weighted by atomic mass is 10.0. The maximum absolute atomic E-state index is 5.87. The molecule has 0 aromatic rings. The highest BCUT2D eigenvalue weighted by atomic mass is 16.7. The van der Waals surface area contributed by atoms with Crippen LogP contribution in [-0.4, -0.2) is 55.7 Å². The van der Waals surface area contributed by atoms with Gasteiger partial charge >= 0.3 is 0 Å². The molecule has 98 valence electrons. The van der Waals surface area contributed by atoms with Crippen molar-refractivity contribution in [3.8, 4) is 0 Å². The minimum Gasteiger partial charge on any atom is -0.454 e. The van der Waals surface area contributed by atoms with E-state index in [1.165, 1.54) is 0 Å². The topological polar surface area (TPSA) is 43.3 Å². The van der Waals surface area contributed by atoms with E-state index >= 15 is 0 Å². The number of rotatable bonds is 2. The van der Waals surface area contributed by atoms with E-state index in [1.807, 2.05) is 20.9 Å². The van der Waals surface area contributed by atoms with Gasteiger partial charge in [0.15, 0.2) is 12.4 Å². The molecule has 2 fully saturated rings. The van der Waals surface area contributed by atoms with Gasteiger partial charge in [-0.3, -0.25) is 0 Å². The zero-order valence-corrected chi connectivity index (χ0v) is 11.2. The van der Waals surface area contributed by atoms with Crippen LogP contribution in [0, 0.1) is 0 Å². The predicted octanol–water partition coefficient (Wildman–Crippen LogP) is 1.23. The summed E-state index contributed by atoms with van der Waals surface area (Å²) in [5.74, 6) is 0. The molecular weight excluding hydrogens is 220 g/mol. The first-order chi connectivity index (χ1) is 8.02. The van der Waals surface area contributed by atoms with E-state index in [0.717, 1.165) is 6.42 Å². The molecule has 5 nitrogen and oxygen atoms in total. The van der Waals surface area contributed by atoms with Crippen LogP contribution in [0.1, 0.15) is 27.2 Å². The van der Waals surface area contributed by atoms with Gasteiger partial charge in [0.25, 0.3) is 6.02 Å². The molecule has 0 spiro atoms. The van der Waals surface area contributed by atoms with Crippen molar-refractivity contribution < 1.29 is 14.2 Å². The molecule has 0 aromatic carbocycles. The largest absolute Gasteiger partial charge is 0.454 e. The summed E-state index contributed by atoms with van der Waals surface area (Å²) in [6.45, 7) is 6.14.